The van der Waals surface area contributed by atoms with E-state index in [0.29, 0.717) is 19.3 Å². The molecule has 0 aliphatic carbocycles. The number of ether oxygens (including phenoxy) is 3. The number of allylic oxidation sites excluding steroid dienone is 22. The maximum atomic E-state index is 12.8. The lowest BCUT2D eigenvalue weighted by Gasteiger charge is -2.18. The van der Waals surface area contributed by atoms with Gasteiger partial charge in [0.1, 0.15) is 13.2 Å². The third kappa shape index (κ3) is 58.4. The number of hydrogen-bond donors (Lipinski definition) is 0. The molecule has 0 bridgehead atoms. The van der Waals surface area contributed by atoms with Crippen molar-refractivity contribution < 1.29 is 28.6 Å². The van der Waals surface area contributed by atoms with Gasteiger partial charge < -0.3 is 14.2 Å². The van der Waals surface area contributed by atoms with Crippen molar-refractivity contribution in [1.82, 2.24) is 0 Å². The van der Waals surface area contributed by atoms with Gasteiger partial charge in [-0.2, -0.15) is 0 Å². The van der Waals surface area contributed by atoms with Crippen LogP contribution >= 0.6 is 0 Å². The molecule has 0 fully saturated rings. The topological polar surface area (TPSA) is 78.9 Å². The summed E-state index contributed by atoms with van der Waals surface area (Å²) in [4.78, 5) is 38.2. The van der Waals surface area contributed by atoms with Crippen LogP contribution in [0.5, 0.6) is 0 Å². The molecule has 0 aliphatic heterocycles. The SMILES string of the molecule is CC/C=C\C/C=C\C/C=C\C/C=C\C/C=C\C/C=C\C/C=C\CCCCCCCCCC(=O)OCC(COC(=O)CCCCC/C=C\C/C=C\C/C=C\CC)OC(=O)CCCCCCC/C=C\CCCCCCC. The van der Waals surface area contributed by atoms with Crippen LogP contribution in [0.2, 0.25) is 0 Å². The number of rotatable bonds is 53. The van der Waals surface area contributed by atoms with E-state index in [2.05, 4.69) is 154 Å². The smallest absolute Gasteiger partial charge is 0.306 e. The van der Waals surface area contributed by atoms with Crippen molar-refractivity contribution in [3.63, 3.8) is 0 Å². The zero-order chi connectivity index (χ0) is 53.6. The van der Waals surface area contributed by atoms with Crippen LogP contribution in [0.4, 0.5) is 0 Å². The van der Waals surface area contributed by atoms with Crippen molar-refractivity contribution >= 4 is 17.9 Å². The van der Waals surface area contributed by atoms with Crippen molar-refractivity contribution in [3.8, 4) is 0 Å². The Morgan fingerprint density at radius 1 is 0.284 bits per heavy atom. The average Bonchev–Trinajstić information content (AvgIpc) is 3.40. The summed E-state index contributed by atoms with van der Waals surface area (Å²) in [5.74, 6) is -0.952. The van der Waals surface area contributed by atoms with Gasteiger partial charge in [-0.25, -0.2) is 0 Å². The Balaban J connectivity index is 4.34. The predicted molar refractivity (Wildman–Crippen MR) is 320 cm³/mol. The second-order valence-electron chi connectivity index (χ2n) is 19.5. The Labute approximate surface area is 455 Å². The molecule has 0 saturated carbocycles. The highest BCUT2D eigenvalue weighted by Crippen LogP contribution is 2.14. The fourth-order valence-corrected chi connectivity index (χ4v) is 7.90. The molecule has 418 valence electrons. The molecule has 0 amide bonds. The van der Waals surface area contributed by atoms with Crippen LogP contribution in [0.25, 0.3) is 0 Å². The van der Waals surface area contributed by atoms with Gasteiger partial charge >= 0.3 is 17.9 Å². The first-order chi connectivity index (χ1) is 36.5. The van der Waals surface area contributed by atoms with Crippen molar-refractivity contribution in [3.05, 3.63) is 134 Å². The molecule has 6 nitrogen and oxygen atoms in total. The van der Waals surface area contributed by atoms with E-state index in [1.807, 2.05) is 0 Å². The fraction of sp³-hybridized carbons (Fsp3) is 0.632. The third-order valence-electron chi connectivity index (χ3n) is 12.4. The molecule has 74 heavy (non-hydrogen) atoms. The van der Waals surface area contributed by atoms with Gasteiger partial charge in [0.2, 0.25) is 0 Å². The Bertz CT molecular complexity index is 1600. The quantitative estimate of drug-likeness (QED) is 0.0261. The molecule has 1 atom stereocenters. The highest BCUT2D eigenvalue weighted by atomic mass is 16.6. The number of carbonyl (C=O) groups excluding carboxylic acids is 3. The van der Waals surface area contributed by atoms with Gasteiger partial charge in [0.25, 0.3) is 0 Å². The van der Waals surface area contributed by atoms with Crippen molar-refractivity contribution in [1.29, 1.82) is 0 Å². The minimum Gasteiger partial charge on any atom is -0.462 e. The molecule has 0 radical (unpaired) electrons. The minimum atomic E-state index is -0.804. The fourth-order valence-electron chi connectivity index (χ4n) is 7.90. The number of esters is 3. The van der Waals surface area contributed by atoms with Gasteiger partial charge in [0.15, 0.2) is 6.10 Å². The van der Waals surface area contributed by atoms with Crippen LogP contribution in [-0.4, -0.2) is 37.2 Å². The standard InChI is InChI=1S/C68H110O6/c1-4-7-10-13-16-19-22-25-27-28-29-30-31-32-33-34-35-36-37-38-39-40-41-44-46-49-52-55-58-61-67(70)73-64-65(63-72-66(69)60-57-54-51-48-45-42-24-21-18-15-12-9-6-3)74-68(71)62-59-56-53-50-47-43-26-23-20-17-14-11-8-5-2/h7,9-10,12,16,18-19,21,23,25-27,29-30,32-33,35-36,38-39,42,45,65H,4-6,8,11,13-15,17,20,22,24,28,31,34,37,40-41,43-44,46-64H2,1-3H3/b10-7-,12-9-,19-16-,21-18-,26-23-,27-25-,30-29-,33-32-,36-35-,39-38-,45-42-. The normalized spacial score (nSPS) is 13.1. The highest BCUT2D eigenvalue weighted by Gasteiger charge is 2.19. The summed E-state index contributed by atoms with van der Waals surface area (Å²) in [6.45, 7) is 6.35. The lowest BCUT2D eigenvalue weighted by Crippen LogP contribution is -2.30. The zero-order valence-corrected chi connectivity index (χ0v) is 47.8. The van der Waals surface area contributed by atoms with Gasteiger partial charge in [-0.1, -0.05) is 238 Å². The molecule has 0 heterocycles. The summed E-state index contributed by atoms with van der Waals surface area (Å²) in [6.07, 6.45) is 85.9. The first-order valence-electron chi connectivity index (χ1n) is 30.2. The summed E-state index contributed by atoms with van der Waals surface area (Å²) in [6, 6.07) is 0. The van der Waals surface area contributed by atoms with E-state index in [-0.39, 0.29) is 31.1 Å². The van der Waals surface area contributed by atoms with E-state index in [9.17, 15) is 14.4 Å². The molecule has 0 rings (SSSR count). The van der Waals surface area contributed by atoms with Crippen molar-refractivity contribution in [2.24, 2.45) is 0 Å². The van der Waals surface area contributed by atoms with E-state index in [0.717, 1.165) is 148 Å². The highest BCUT2D eigenvalue weighted by molar-refractivity contribution is 5.71. The van der Waals surface area contributed by atoms with E-state index >= 15 is 0 Å². The van der Waals surface area contributed by atoms with Crippen LogP contribution in [0.15, 0.2) is 134 Å². The monoisotopic (exact) mass is 1020 g/mol. The molecule has 0 N–H and O–H groups in total. The van der Waals surface area contributed by atoms with E-state index in [1.54, 1.807) is 0 Å². The molecule has 0 aliphatic rings. The van der Waals surface area contributed by atoms with E-state index in [1.165, 1.54) is 70.6 Å². The summed E-state index contributed by atoms with van der Waals surface area (Å²) in [5.41, 5.74) is 0. The Kier molecular flexibility index (Phi) is 57.4. The second-order valence-corrected chi connectivity index (χ2v) is 19.5. The lowest BCUT2D eigenvalue weighted by molar-refractivity contribution is -0.167. The van der Waals surface area contributed by atoms with Gasteiger partial charge in [0, 0.05) is 19.3 Å². The molecular weight excluding hydrogens is 913 g/mol. The molecule has 0 spiro atoms. The molecular formula is C68H110O6. The first kappa shape index (κ1) is 69.5. The van der Waals surface area contributed by atoms with Gasteiger partial charge in [-0.15, -0.1) is 0 Å². The number of hydrogen-bond acceptors (Lipinski definition) is 6. The summed E-state index contributed by atoms with van der Waals surface area (Å²) in [7, 11) is 0. The molecule has 0 aromatic heterocycles. The third-order valence-corrected chi connectivity index (χ3v) is 12.4. The molecule has 6 heteroatoms. The van der Waals surface area contributed by atoms with Gasteiger partial charge in [0.05, 0.1) is 0 Å². The summed E-state index contributed by atoms with van der Waals surface area (Å²) >= 11 is 0. The van der Waals surface area contributed by atoms with Crippen LogP contribution < -0.4 is 0 Å². The minimum absolute atomic E-state index is 0.100. The van der Waals surface area contributed by atoms with E-state index < -0.39 is 6.10 Å². The van der Waals surface area contributed by atoms with E-state index in [4.69, 9.17) is 14.2 Å². The molecule has 0 aromatic rings. The molecule has 0 saturated heterocycles. The Morgan fingerprint density at radius 3 is 0.851 bits per heavy atom. The second kappa shape index (κ2) is 61.1. The summed E-state index contributed by atoms with van der Waals surface area (Å²) < 4.78 is 16.8. The molecule has 0 aromatic carbocycles. The lowest BCUT2D eigenvalue weighted by atomic mass is 10.1. The number of unbranched alkanes of at least 4 members (excludes halogenated alkanes) is 20. The Morgan fingerprint density at radius 2 is 0.527 bits per heavy atom. The Hall–Kier alpha value is -4.45. The largest absolute Gasteiger partial charge is 0.462 e. The maximum absolute atomic E-state index is 12.8. The predicted octanol–water partition coefficient (Wildman–Crippen LogP) is 20.6. The number of carbonyl (C=O) groups is 3. The van der Waals surface area contributed by atoms with Crippen LogP contribution in [0, 0.1) is 0 Å². The van der Waals surface area contributed by atoms with Crippen LogP contribution in [0.1, 0.15) is 258 Å². The van der Waals surface area contributed by atoms with Gasteiger partial charge in [-0.3, -0.25) is 14.4 Å². The van der Waals surface area contributed by atoms with Crippen molar-refractivity contribution in [2.75, 3.05) is 13.2 Å². The van der Waals surface area contributed by atoms with Crippen LogP contribution in [-0.2, 0) is 28.6 Å². The summed E-state index contributed by atoms with van der Waals surface area (Å²) in [5, 5.41) is 0. The first-order valence-corrected chi connectivity index (χ1v) is 30.2. The maximum Gasteiger partial charge on any atom is 0.306 e. The molecule has 1 unspecified atom stereocenters. The average molecular weight is 1020 g/mol. The van der Waals surface area contributed by atoms with Gasteiger partial charge in [-0.05, 0) is 135 Å². The van der Waals surface area contributed by atoms with Crippen LogP contribution in [0.3, 0.4) is 0 Å². The zero-order valence-electron chi connectivity index (χ0n) is 47.8. The van der Waals surface area contributed by atoms with Crippen molar-refractivity contribution in [2.45, 2.75) is 264 Å².